The maximum absolute atomic E-state index is 13.0. The van der Waals surface area contributed by atoms with Crippen LogP contribution in [0.15, 0.2) is 12.3 Å². The second-order valence-corrected chi connectivity index (χ2v) is 7.01. The smallest absolute Gasteiger partial charge is 0.272 e. The highest BCUT2D eigenvalue weighted by Gasteiger charge is 2.47. The fourth-order valence-electron chi connectivity index (χ4n) is 3.61. The van der Waals surface area contributed by atoms with E-state index < -0.39 is 5.60 Å². The molecule has 0 saturated carbocycles. The summed E-state index contributed by atoms with van der Waals surface area (Å²) in [6.07, 6.45) is 4.22. The third-order valence-electron chi connectivity index (χ3n) is 4.91. The van der Waals surface area contributed by atoms with Gasteiger partial charge in [-0.1, -0.05) is 0 Å². The number of amides is 2. The van der Waals surface area contributed by atoms with Gasteiger partial charge in [-0.05, 0) is 39.2 Å². The Balaban J connectivity index is 1.83. The zero-order valence-electron chi connectivity index (χ0n) is 14.7. The summed E-state index contributed by atoms with van der Waals surface area (Å²) in [5.41, 5.74) is -0.321. The van der Waals surface area contributed by atoms with Crippen molar-refractivity contribution in [2.75, 3.05) is 33.3 Å². The van der Waals surface area contributed by atoms with Gasteiger partial charge in [-0.15, -0.1) is 0 Å². The van der Waals surface area contributed by atoms with Gasteiger partial charge in [0.05, 0.1) is 13.2 Å². The lowest BCUT2D eigenvalue weighted by atomic mass is 9.94. The molecule has 1 unspecified atom stereocenters. The quantitative estimate of drug-likeness (QED) is 0.818. The first-order chi connectivity index (χ1) is 11.4. The van der Waals surface area contributed by atoms with E-state index in [2.05, 4.69) is 5.10 Å². The minimum Gasteiger partial charge on any atom is -0.361 e. The molecular formula is C17H26N4O3. The molecule has 24 heavy (non-hydrogen) atoms. The highest BCUT2D eigenvalue weighted by molar-refractivity contribution is 5.94. The summed E-state index contributed by atoms with van der Waals surface area (Å²) in [5, 5.41) is 4.24. The van der Waals surface area contributed by atoms with Crippen LogP contribution in [0, 0.1) is 0 Å². The summed E-state index contributed by atoms with van der Waals surface area (Å²) >= 11 is 0. The SMILES string of the molecule is CC(C)n1nccc1C(=O)N1CCOC2(CCCCN(C)C2=O)C1. The van der Waals surface area contributed by atoms with Crippen LogP contribution in [-0.2, 0) is 9.53 Å². The number of nitrogens with zero attached hydrogens (tertiary/aromatic N) is 4. The average Bonchev–Trinajstić information content (AvgIpc) is 3.03. The number of carbonyl (C=O) groups is 2. The molecule has 3 heterocycles. The standard InChI is InChI=1S/C17H26N4O3/c1-13(2)21-14(6-8-18-21)15(22)20-10-11-24-17(12-20)7-4-5-9-19(3)16(17)23/h6,8,13H,4-5,7,9-12H2,1-3H3. The maximum atomic E-state index is 13.0. The van der Waals surface area contributed by atoms with Crippen molar-refractivity contribution < 1.29 is 14.3 Å². The molecule has 0 aromatic carbocycles. The molecule has 0 N–H and O–H groups in total. The zero-order valence-corrected chi connectivity index (χ0v) is 14.7. The van der Waals surface area contributed by atoms with Gasteiger partial charge in [0.15, 0.2) is 5.60 Å². The van der Waals surface area contributed by atoms with E-state index in [1.54, 1.807) is 26.7 Å². The monoisotopic (exact) mass is 334 g/mol. The molecule has 3 rings (SSSR count). The normalized spacial score (nSPS) is 25.4. The Bertz CT molecular complexity index is 627. The summed E-state index contributed by atoms with van der Waals surface area (Å²) in [6.45, 7) is 5.95. The van der Waals surface area contributed by atoms with Gasteiger partial charge in [0, 0.05) is 32.4 Å². The second-order valence-electron chi connectivity index (χ2n) is 7.01. The number of ether oxygens (including phenoxy) is 1. The second kappa shape index (κ2) is 6.55. The van der Waals surface area contributed by atoms with Crippen molar-refractivity contribution in [3.63, 3.8) is 0 Å². The van der Waals surface area contributed by atoms with E-state index in [4.69, 9.17) is 4.74 Å². The molecular weight excluding hydrogens is 308 g/mol. The third kappa shape index (κ3) is 2.92. The Hall–Kier alpha value is -1.89. The number of morpholine rings is 1. The third-order valence-corrected chi connectivity index (χ3v) is 4.91. The number of rotatable bonds is 2. The Morgan fingerprint density at radius 1 is 1.33 bits per heavy atom. The van der Waals surface area contributed by atoms with E-state index in [1.165, 1.54) is 0 Å². The Labute approximate surface area is 142 Å². The van der Waals surface area contributed by atoms with Crippen LogP contribution in [0.4, 0.5) is 0 Å². The van der Waals surface area contributed by atoms with Crippen LogP contribution in [0.1, 0.15) is 49.6 Å². The molecule has 2 fully saturated rings. The van der Waals surface area contributed by atoms with E-state index in [9.17, 15) is 9.59 Å². The molecule has 2 amide bonds. The van der Waals surface area contributed by atoms with Crippen molar-refractivity contribution in [2.24, 2.45) is 0 Å². The molecule has 132 valence electrons. The summed E-state index contributed by atoms with van der Waals surface area (Å²) < 4.78 is 7.66. The first-order valence-corrected chi connectivity index (χ1v) is 8.67. The molecule has 1 atom stereocenters. The molecule has 7 nitrogen and oxygen atoms in total. The molecule has 1 aromatic rings. The van der Waals surface area contributed by atoms with Crippen molar-refractivity contribution in [2.45, 2.75) is 44.8 Å². The average molecular weight is 334 g/mol. The summed E-state index contributed by atoms with van der Waals surface area (Å²) in [4.78, 5) is 29.3. The van der Waals surface area contributed by atoms with E-state index in [0.717, 1.165) is 19.4 Å². The van der Waals surface area contributed by atoms with Crippen molar-refractivity contribution in [3.8, 4) is 0 Å². The topological polar surface area (TPSA) is 67.7 Å². The molecule has 2 aliphatic heterocycles. The minimum atomic E-state index is -0.887. The predicted octanol–water partition coefficient (Wildman–Crippen LogP) is 1.32. The fraction of sp³-hybridized carbons (Fsp3) is 0.706. The molecule has 0 radical (unpaired) electrons. The number of carbonyl (C=O) groups excluding carboxylic acids is 2. The lowest BCUT2D eigenvalue weighted by Gasteiger charge is -2.42. The van der Waals surface area contributed by atoms with Gasteiger partial charge in [-0.2, -0.15) is 5.10 Å². The van der Waals surface area contributed by atoms with Gasteiger partial charge in [0.1, 0.15) is 5.69 Å². The van der Waals surface area contributed by atoms with Gasteiger partial charge in [-0.3, -0.25) is 14.3 Å². The van der Waals surface area contributed by atoms with Gasteiger partial charge in [0.2, 0.25) is 0 Å². The number of hydrogen-bond acceptors (Lipinski definition) is 4. The van der Waals surface area contributed by atoms with E-state index in [-0.39, 0.29) is 17.9 Å². The van der Waals surface area contributed by atoms with E-state index in [0.29, 0.717) is 31.8 Å². The highest BCUT2D eigenvalue weighted by Crippen LogP contribution is 2.30. The molecule has 2 saturated heterocycles. The lowest BCUT2D eigenvalue weighted by molar-refractivity contribution is -0.166. The zero-order chi connectivity index (χ0) is 17.3. The van der Waals surface area contributed by atoms with Gasteiger partial charge < -0.3 is 14.5 Å². The van der Waals surface area contributed by atoms with Gasteiger partial charge in [-0.25, -0.2) is 0 Å². The van der Waals surface area contributed by atoms with Crippen molar-refractivity contribution in [1.82, 2.24) is 19.6 Å². The predicted molar refractivity (Wildman–Crippen MR) is 88.7 cm³/mol. The van der Waals surface area contributed by atoms with Crippen molar-refractivity contribution >= 4 is 11.8 Å². The van der Waals surface area contributed by atoms with E-state index >= 15 is 0 Å². The van der Waals surface area contributed by atoms with Gasteiger partial charge in [0.25, 0.3) is 11.8 Å². The van der Waals surface area contributed by atoms with E-state index in [1.807, 2.05) is 20.9 Å². The Kier molecular flexibility index (Phi) is 4.62. The van der Waals surface area contributed by atoms with Crippen LogP contribution in [0.3, 0.4) is 0 Å². The molecule has 1 aromatic heterocycles. The first-order valence-electron chi connectivity index (χ1n) is 8.67. The maximum Gasteiger partial charge on any atom is 0.272 e. The summed E-state index contributed by atoms with van der Waals surface area (Å²) in [5.74, 6) is -0.0848. The van der Waals surface area contributed by atoms with Gasteiger partial charge >= 0.3 is 0 Å². The molecule has 1 spiro atoms. The number of aromatic nitrogens is 2. The van der Waals surface area contributed by atoms with Crippen LogP contribution in [0.25, 0.3) is 0 Å². The largest absolute Gasteiger partial charge is 0.361 e. The molecule has 0 aliphatic carbocycles. The Morgan fingerprint density at radius 3 is 2.88 bits per heavy atom. The number of hydrogen-bond donors (Lipinski definition) is 0. The number of likely N-dealkylation sites (N-methyl/N-ethyl adjacent to an activating group) is 1. The van der Waals surface area contributed by atoms with Crippen LogP contribution in [-0.4, -0.2) is 70.3 Å². The highest BCUT2D eigenvalue weighted by atomic mass is 16.5. The van der Waals surface area contributed by atoms with Crippen LogP contribution in [0.2, 0.25) is 0 Å². The van der Waals surface area contributed by atoms with Crippen molar-refractivity contribution in [3.05, 3.63) is 18.0 Å². The van der Waals surface area contributed by atoms with Crippen molar-refractivity contribution in [1.29, 1.82) is 0 Å². The molecule has 7 heteroatoms. The van der Waals surface area contributed by atoms with Crippen LogP contribution < -0.4 is 0 Å². The lowest BCUT2D eigenvalue weighted by Crippen LogP contribution is -2.60. The minimum absolute atomic E-state index is 0.00475. The number of likely N-dealkylation sites (tertiary alicyclic amines) is 1. The summed E-state index contributed by atoms with van der Waals surface area (Å²) in [6, 6.07) is 1.85. The molecule has 0 bridgehead atoms. The van der Waals surface area contributed by atoms with Crippen LogP contribution >= 0.6 is 0 Å². The Morgan fingerprint density at radius 2 is 2.12 bits per heavy atom. The van der Waals surface area contributed by atoms with Crippen LogP contribution in [0.5, 0.6) is 0 Å². The fourth-order valence-corrected chi connectivity index (χ4v) is 3.61. The first kappa shape index (κ1) is 17.0. The molecule has 2 aliphatic rings. The summed E-state index contributed by atoms with van der Waals surface area (Å²) in [7, 11) is 1.81.